The minimum Gasteiger partial charge on any atom is -0.464 e. The zero-order valence-electron chi connectivity index (χ0n) is 11.6. The van der Waals surface area contributed by atoms with Gasteiger partial charge in [0.15, 0.2) is 5.60 Å². The number of rotatable bonds is 5. The van der Waals surface area contributed by atoms with Crippen LogP contribution in [0.2, 0.25) is 0 Å². The van der Waals surface area contributed by atoms with Crippen molar-refractivity contribution in [2.45, 2.75) is 25.9 Å². The molecule has 106 valence electrons. The van der Waals surface area contributed by atoms with Gasteiger partial charge in [0.25, 0.3) is 0 Å². The molecule has 0 spiro atoms. The maximum Gasteiger partial charge on any atom is 0.342 e. The van der Waals surface area contributed by atoms with E-state index in [0.29, 0.717) is 5.56 Å². The molecule has 1 aromatic carbocycles. The normalized spacial score (nSPS) is 13.8. The smallest absolute Gasteiger partial charge is 0.342 e. The van der Waals surface area contributed by atoms with Gasteiger partial charge in [-0.25, -0.2) is 4.79 Å². The number of ether oxygens (including phenoxy) is 1. The molecule has 0 saturated heterocycles. The largest absolute Gasteiger partial charge is 0.464 e. The second-order valence-electron chi connectivity index (χ2n) is 4.49. The molecule has 0 amide bonds. The summed E-state index contributed by atoms with van der Waals surface area (Å²) in [6.07, 6.45) is 0.282. The molecule has 3 nitrogen and oxygen atoms in total. The van der Waals surface area contributed by atoms with Crippen molar-refractivity contribution in [2.75, 3.05) is 6.61 Å². The van der Waals surface area contributed by atoms with Crippen LogP contribution < -0.4 is 0 Å². The Morgan fingerprint density at radius 1 is 1.25 bits per heavy atom. The first-order valence-electron chi connectivity index (χ1n) is 6.65. The van der Waals surface area contributed by atoms with Gasteiger partial charge in [-0.05, 0) is 35.9 Å². The number of esters is 1. The van der Waals surface area contributed by atoms with Crippen LogP contribution in [0.25, 0.3) is 10.4 Å². The quantitative estimate of drug-likeness (QED) is 0.856. The van der Waals surface area contributed by atoms with Gasteiger partial charge in [-0.2, -0.15) is 0 Å². The number of carbonyl (C=O) groups excluding carboxylic acids is 1. The van der Waals surface area contributed by atoms with Gasteiger partial charge < -0.3 is 9.84 Å². The Bertz CT molecular complexity index is 560. The molecule has 20 heavy (non-hydrogen) atoms. The Hall–Kier alpha value is -1.65. The fourth-order valence-corrected chi connectivity index (χ4v) is 2.80. The van der Waals surface area contributed by atoms with Gasteiger partial charge in [0.1, 0.15) is 0 Å². The molecule has 0 bridgehead atoms. The minimum absolute atomic E-state index is 0.258. The number of hydrogen-bond donors (Lipinski definition) is 1. The summed E-state index contributed by atoms with van der Waals surface area (Å²) in [5.41, 5.74) is 0.0779. The van der Waals surface area contributed by atoms with Gasteiger partial charge in [-0.3, -0.25) is 0 Å². The van der Waals surface area contributed by atoms with Crippen molar-refractivity contribution >= 4 is 17.3 Å². The molecule has 0 saturated carbocycles. The Morgan fingerprint density at radius 2 is 1.95 bits per heavy atom. The van der Waals surface area contributed by atoms with Crippen molar-refractivity contribution in [2.24, 2.45) is 0 Å². The summed E-state index contributed by atoms with van der Waals surface area (Å²) < 4.78 is 4.97. The van der Waals surface area contributed by atoms with E-state index in [1.54, 1.807) is 37.3 Å². The third-order valence-corrected chi connectivity index (χ3v) is 4.21. The van der Waals surface area contributed by atoms with E-state index in [4.69, 9.17) is 4.74 Å². The zero-order valence-corrected chi connectivity index (χ0v) is 12.4. The summed E-state index contributed by atoms with van der Waals surface area (Å²) in [5, 5.41) is 12.6. The van der Waals surface area contributed by atoms with E-state index in [1.165, 1.54) is 0 Å². The second-order valence-corrected chi connectivity index (χ2v) is 5.44. The summed E-state index contributed by atoms with van der Waals surface area (Å²) >= 11 is 1.66. The first-order valence-corrected chi connectivity index (χ1v) is 7.53. The molecule has 1 atom stereocenters. The average Bonchev–Trinajstić information content (AvgIpc) is 3.01. The molecule has 0 radical (unpaired) electrons. The predicted octanol–water partition coefficient (Wildman–Crippen LogP) is 3.58. The lowest BCUT2D eigenvalue weighted by Crippen LogP contribution is -2.36. The molecule has 0 fully saturated rings. The molecule has 2 aromatic rings. The van der Waals surface area contributed by atoms with E-state index >= 15 is 0 Å². The summed E-state index contributed by atoms with van der Waals surface area (Å²) in [6, 6.07) is 11.4. The van der Waals surface area contributed by atoms with Crippen molar-refractivity contribution in [3.05, 3.63) is 47.3 Å². The molecule has 1 heterocycles. The molecule has 0 aliphatic rings. The monoisotopic (exact) mass is 290 g/mol. The van der Waals surface area contributed by atoms with E-state index in [-0.39, 0.29) is 13.0 Å². The molecule has 0 aliphatic carbocycles. The molecule has 0 aliphatic heterocycles. The highest BCUT2D eigenvalue weighted by Crippen LogP contribution is 2.30. The van der Waals surface area contributed by atoms with E-state index in [2.05, 4.69) is 0 Å². The zero-order chi connectivity index (χ0) is 14.6. The molecule has 2 rings (SSSR count). The highest BCUT2D eigenvalue weighted by Gasteiger charge is 2.37. The van der Waals surface area contributed by atoms with Crippen molar-refractivity contribution < 1.29 is 14.6 Å². The highest BCUT2D eigenvalue weighted by molar-refractivity contribution is 7.13. The molecule has 1 unspecified atom stereocenters. The van der Waals surface area contributed by atoms with Crippen LogP contribution in [-0.4, -0.2) is 17.7 Å². The molecule has 4 heteroatoms. The first-order chi connectivity index (χ1) is 9.61. The standard InChI is InChI=1S/C16H18O3S/c1-3-16(18,15(17)19-4-2)13-9-7-12(8-10-13)14-6-5-11-20-14/h5-11,18H,3-4H2,1-2H3. The number of aliphatic hydroxyl groups is 1. The SMILES string of the molecule is CCOC(=O)C(O)(CC)c1ccc(-c2cccs2)cc1. The average molecular weight is 290 g/mol. The second kappa shape index (κ2) is 6.20. The Labute approximate surface area is 122 Å². The van der Waals surface area contributed by atoms with Crippen LogP contribution in [0, 0.1) is 0 Å². The molecule has 1 aromatic heterocycles. The van der Waals surface area contributed by atoms with Crippen LogP contribution in [0.3, 0.4) is 0 Å². The van der Waals surface area contributed by atoms with Gasteiger partial charge in [-0.15, -0.1) is 11.3 Å². The van der Waals surface area contributed by atoms with Crippen molar-refractivity contribution in [3.8, 4) is 10.4 Å². The predicted molar refractivity (Wildman–Crippen MR) is 80.6 cm³/mol. The lowest BCUT2D eigenvalue weighted by Gasteiger charge is -2.24. The fraction of sp³-hybridized carbons (Fsp3) is 0.312. The van der Waals surface area contributed by atoms with E-state index < -0.39 is 11.6 Å². The van der Waals surface area contributed by atoms with Gasteiger partial charge in [-0.1, -0.05) is 37.3 Å². The third-order valence-electron chi connectivity index (χ3n) is 3.29. The maximum absolute atomic E-state index is 11.9. The molecular weight excluding hydrogens is 272 g/mol. The third kappa shape index (κ3) is 2.76. The topological polar surface area (TPSA) is 46.5 Å². The van der Waals surface area contributed by atoms with Crippen LogP contribution >= 0.6 is 11.3 Å². The summed E-state index contributed by atoms with van der Waals surface area (Å²) in [4.78, 5) is 13.1. The lowest BCUT2D eigenvalue weighted by molar-refractivity contribution is -0.166. The number of carbonyl (C=O) groups is 1. The minimum atomic E-state index is -1.57. The number of benzene rings is 1. The van der Waals surface area contributed by atoms with E-state index in [0.717, 1.165) is 10.4 Å². The Balaban J connectivity index is 2.30. The summed E-state index contributed by atoms with van der Waals surface area (Å²) in [7, 11) is 0. The van der Waals surface area contributed by atoms with Crippen molar-refractivity contribution in [3.63, 3.8) is 0 Å². The van der Waals surface area contributed by atoms with Crippen LogP contribution in [0.15, 0.2) is 41.8 Å². The highest BCUT2D eigenvalue weighted by atomic mass is 32.1. The van der Waals surface area contributed by atoms with Gasteiger partial charge in [0.2, 0.25) is 0 Å². The summed E-state index contributed by atoms with van der Waals surface area (Å²) in [6.45, 7) is 3.76. The first kappa shape index (κ1) is 14.8. The molecular formula is C16H18O3S. The maximum atomic E-state index is 11.9. The Kier molecular flexibility index (Phi) is 4.57. The molecule has 1 N–H and O–H groups in total. The van der Waals surface area contributed by atoms with Crippen LogP contribution in [-0.2, 0) is 15.1 Å². The van der Waals surface area contributed by atoms with Crippen molar-refractivity contribution in [1.82, 2.24) is 0 Å². The van der Waals surface area contributed by atoms with Gasteiger partial charge >= 0.3 is 5.97 Å². The Morgan fingerprint density at radius 3 is 2.45 bits per heavy atom. The van der Waals surface area contributed by atoms with E-state index in [1.807, 2.05) is 29.6 Å². The van der Waals surface area contributed by atoms with Crippen molar-refractivity contribution in [1.29, 1.82) is 0 Å². The lowest BCUT2D eigenvalue weighted by atomic mass is 9.90. The van der Waals surface area contributed by atoms with Crippen LogP contribution in [0.5, 0.6) is 0 Å². The van der Waals surface area contributed by atoms with Gasteiger partial charge in [0.05, 0.1) is 6.61 Å². The van der Waals surface area contributed by atoms with Gasteiger partial charge in [0, 0.05) is 4.88 Å². The van der Waals surface area contributed by atoms with E-state index in [9.17, 15) is 9.90 Å². The number of hydrogen-bond acceptors (Lipinski definition) is 4. The van der Waals surface area contributed by atoms with Crippen LogP contribution in [0.1, 0.15) is 25.8 Å². The fourth-order valence-electron chi connectivity index (χ4n) is 2.07. The number of thiophene rings is 1. The summed E-state index contributed by atoms with van der Waals surface area (Å²) in [5.74, 6) is -0.591. The van der Waals surface area contributed by atoms with Crippen LogP contribution in [0.4, 0.5) is 0 Å².